The number of ether oxygens (including phenoxy) is 1. The van der Waals surface area contributed by atoms with Crippen LogP contribution in [0.1, 0.15) is 35.9 Å². The number of aromatic nitrogens is 3. The molecule has 1 atom stereocenters. The number of carbonyl (C=O) groups is 1. The Morgan fingerprint density at radius 2 is 2.12 bits per heavy atom. The number of aromatic amines is 1. The van der Waals surface area contributed by atoms with Crippen LogP contribution in [0, 0.1) is 5.82 Å². The third-order valence-electron chi connectivity index (χ3n) is 3.85. The molecular formula is C19H19FN4O2. The van der Waals surface area contributed by atoms with Crippen LogP contribution in [0.5, 0.6) is 5.75 Å². The topological polar surface area (TPSA) is 79.9 Å². The zero-order chi connectivity index (χ0) is 18.5. The van der Waals surface area contributed by atoms with Crippen molar-refractivity contribution in [3.05, 3.63) is 65.7 Å². The van der Waals surface area contributed by atoms with Gasteiger partial charge < -0.3 is 10.1 Å². The number of rotatable bonds is 6. The van der Waals surface area contributed by atoms with E-state index in [0.717, 1.165) is 0 Å². The first-order chi connectivity index (χ1) is 12.6. The number of nitrogens with zero attached hydrogens (tertiary/aromatic N) is 2. The normalized spacial score (nSPS) is 11.8. The fourth-order valence-corrected chi connectivity index (χ4v) is 2.50. The number of H-pyrrole nitrogens is 1. The van der Waals surface area contributed by atoms with E-state index in [2.05, 4.69) is 20.5 Å². The third kappa shape index (κ3) is 3.88. The van der Waals surface area contributed by atoms with Gasteiger partial charge in [-0.05, 0) is 49.7 Å². The summed E-state index contributed by atoms with van der Waals surface area (Å²) in [5.41, 5.74) is 2.20. The number of hydrogen-bond donors (Lipinski definition) is 2. The van der Waals surface area contributed by atoms with Gasteiger partial charge >= 0.3 is 0 Å². The van der Waals surface area contributed by atoms with Gasteiger partial charge in [0.25, 0.3) is 5.91 Å². The van der Waals surface area contributed by atoms with Gasteiger partial charge in [-0.3, -0.25) is 14.9 Å². The summed E-state index contributed by atoms with van der Waals surface area (Å²) in [6.07, 6.45) is 1.66. The van der Waals surface area contributed by atoms with Gasteiger partial charge in [0.1, 0.15) is 11.4 Å². The SMILES string of the molecule is CCOc1ccc(C(C)NC(=O)c2cc(-c3ccccn3)n[nH]2)cc1F. The molecule has 0 aliphatic rings. The van der Waals surface area contributed by atoms with Crippen LogP contribution in [-0.2, 0) is 0 Å². The van der Waals surface area contributed by atoms with Gasteiger partial charge in [0.05, 0.1) is 18.3 Å². The van der Waals surface area contributed by atoms with Crippen molar-refractivity contribution in [1.82, 2.24) is 20.5 Å². The predicted molar refractivity (Wildman–Crippen MR) is 95.3 cm³/mol. The van der Waals surface area contributed by atoms with E-state index in [9.17, 15) is 9.18 Å². The Kier molecular flexibility index (Phi) is 5.26. The summed E-state index contributed by atoms with van der Waals surface area (Å²) in [5.74, 6) is -0.589. The summed E-state index contributed by atoms with van der Waals surface area (Å²) in [5, 5.41) is 9.63. The van der Waals surface area contributed by atoms with E-state index in [1.807, 2.05) is 12.1 Å². The highest BCUT2D eigenvalue weighted by atomic mass is 19.1. The first-order valence-corrected chi connectivity index (χ1v) is 8.28. The maximum Gasteiger partial charge on any atom is 0.269 e. The molecule has 2 aromatic heterocycles. The number of pyridine rings is 1. The highest BCUT2D eigenvalue weighted by Gasteiger charge is 2.16. The molecule has 2 heterocycles. The Morgan fingerprint density at radius 1 is 1.27 bits per heavy atom. The van der Waals surface area contributed by atoms with E-state index in [4.69, 9.17) is 4.74 Å². The van der Waals surface area contributed by atoms with Crippen LogP contribution < -0.4 is 10.1 Å². The molecule has 0 spiro atoms. The lowest BCUT2D eigenvalue weighted by Gasteiger charge is -2.15. The minimum Gasteiger partial charge on any atom is -0.491 e. The Balaban J connectivity index is 1.70. The standard InChI is InChI=1S/C19H19FN4O2/c1-3-26-18-8-7-13(10-14(18)20)12(2)22-19(25)17-11-16(23-24-17)15-6-4-5-9-21-15/h4-12H,3H2,1-2H3,(H,22,25)(H,23,24). The second-order valence-electron chi connectivity index (χ2n) is 5.70. The average molecular weight is 354 g/mol. The van der Waals surface area contributed by atoms with Crippen LogP contribution in [0.2, 0.25) is 0 Å². The number of halogens is 1. The minimum atomic E-state index is -0.454. The van der Waals surface area contributed by atoms with Gasteiger partial charge in [0.15, 0.2) is 11.6 Å². The summed E-state index contributed by atoms with van der Waals surface area (Å²) in [7, 11) is 0. The van der Waals surface area contributed by atoms with Crippen molar-refractivity contribution in [1.29, 1.82) is 0 Å². The van der Waals surface area contributed by atoms with E-state index < -0.39 is 5.82 Å². The third-order valence-corrected chi connectivity index (χ3v) is 3.85. The maximum atomic E-state index is 14.0. The fraction of sp³-hybridized carbons (Fsp3) is 0.211. The number of nitrogens with one attached hydrogen (secondary N) is 2. The molecule has 0 saturated heterocycles. The van der Waals surface area contributed by atoms with Crippen molar-refractivity contribution in [3.8, 4) is 17.1 Å². The lowest BCUT2D eigenvalue weighted by atomic mass is 10.1. The van der Waals surface area contributed by atoms with Crippen molar-refractivity contribution < 1.29 is 13.9 Å². The molecule has 0 aliphatic carbocycles. The molecule has 2 N–H and O–H groups in total. The lowest BCUT2D eigenvalue weighted by Crippen LogP contribution is -2.27. The zero-order valence-corrected chi connectivity index (χ0v) is 14.5. The smallest absolute Gasteiger partial charge is 0.269 e. The maximum absolute atomic E-state index is 14.0. The van der Waals surface area contributed by atoms with E-state index in [0.29, 0.717) is 29.3 Å². The van der Waals surface area contributed by atoms with Gasteiger partial charge in [-0.1, -0.05) is 12.1 Å². The Hall–Kier alpha value is -3.22. The zero-order valence-electron chi connectivity index (χ0n) is 14.5. The molecule has 0 saturated carbocycles. The molecule has 3 rings (SSSR count). The number of benzene rings is 1. The van der Waals surface area contributed by atoms with Crippen LogP contribution in [0.4, 0.5) is 4.39 Å². The van der Waals surface area contributed by atoms with Crippen molar-refractivity contribution in [2.24, 2.45) is 0 Å². The summed E-state index contributed by atoms with van der Waals surface area (Å²) < 4.78 is 19.2. The molecule has 1 amide bonds. The fourth-order valence-electron chi connectivity index (χ4n) is 2.50. The second kappa shape index (κ2) is 7.77. The van der Waals surface area contributed by atoms with Gasteiger partial charge in [0.2, 0.25) is 0 Å². The highest BCUT2D eigenvalue weighted by molar-refractivity contribution is 5.93. The van der Waals surface area contributed by atoms with Crippen molar-refractivity contribution in [2.45, 2.75) is 19.9 Å². The molecule has 1 aromatic carbocycles. The van der Waals surface area contributed by atoms with E-state index in [1.165, 1.54) is 6.07 Å². The Labute approximate surface area is 150 Å². The summed E-state index contributed by atoms with van der Waals surface area (Å²) in [6.45, 7) is 3.96. The van der Waals surface area contributed by atoms with Gasteiger partial charge in [-0.15, -0.1) is 0 Å². The highest BCUT2D eigenvalue weighted by Crippen LogP contribution is 2.22. The van der Waals surface area contributed by atoms with Gasteiger partial charge in [-0.25, -0.2) is 4.39 Å². The van der Waals surface area contributed by atoms with Crippen LogP contribution in [-0.4, -0.2) is 27.7 Å². The largest absolute Gasteiger partial charge is 0.491 e. The number of carbonyl (C=O) groups excluding carboxylic acids is 1. The minimum absolute atomic E-state index is 0.198. The molecule has 1 unspecified atom stereocenters. The van der Waals surface area contributed by atoms with Crippen LogP contribution >= 0.6 is 0 Å². The molecule has 0 bridgehead atoms. The van der Waals surface area contributed by atoms with Gasteiger partial charge in [-0.2, -0.15) is 5.10 Å². The molecule has 3 aromatic rings. The summed E-state index contributed by atoms with van der Waals surface area (Å²) in [4.78, 5) is 16.6. The molecule has 0 radical (unpaired) electrons. The summed E-state index contributed by atoms with van der Waals surface area (Å²) >= 11 is 0. The Morgan fingerprint density at radius 3 is 2.81 bits per heavy atom. The van der Waals surface area contributed by atoms with Crippen LogP contribution in [0.25, 0.3) is 11.4 Å². The molecule has 134 valence electrons. The predicted octanol–water partition coefficient (Wildman–Crippen LogP) is 3.50. The van der Waals surface area contributed by atoms with E-state index in [1.54, 1.807) is 44.3 Å². The Bertz CT molecular complexity index is 896. The van der Waals surface area contributed by atoms with Crippen LogP contribution in [0.15, 0.2) is 48.7 Å². The lowest BCUT2D eigenvalue weighted by molar-refractivity contribution is 0.0934. The van der Waals surface area contributed by atoms with Crippen molar-refractivity contribution in [3.63, 3.8) is 0 Å². The second-order valence-corrected chi connectivity index (χ2v) is 5.70. The molecule has 0 fully saturated rings. The average Bonchev–Trinajstić information content (AvgIpc) is 3.14. The monoisotopic (exact) mass is 354 g/mol. The van der Waals surface area contributed by atoms with Crippen LogP contribution in [0.3, 0.4) is 0 Å². The molecular weight excluding hydrogens is 335 g/mol. The van der Waals surface area contributed by atoms with E-state index >= 15 is 0 Å². The summed E-state index contributed by atoms with van der Waals surface area (Å²) in [6, 6.07) is 11.4. The molecule has 0 aliphatic heterocycles. The van der Waals surface area contributed by atoms with E-state index in [-0.39, 0.29) is 17.7 Å². The van der Waals surface area contributed by atoms with Crippen molar-refractivity contribution >= 4 is 5.91 Å². The number of hydrogen-bond acceptors (Lipinski definition) is 4. The van der Waals surface area contributed by atoms with Crippen molar-refractivity contribution in [2.75, 3.05) is 6.61 Å². The quantitative estimate of drug-likeness (QED) is 0.710. The number of amides is 1. The molecule has 7 heteroatoms. The van der Waals surface area contributed by atoms with Gasteiger partial charge in [0, 0.05) is 6.20 Å². The molecule has 26 heavy (non-hydrogen) atoms. The first-order valence-electron chi connectivity index (χ1n) is 8.28. The first kappa shape index (κ1) is 17.6. The molecule has 6 nitrogen and oxygen atoms in total.